The summed E-state index contributed by atoms with van der Waals surface area (Å²) in [5, 5.41) is 3.51. The van der Waals surface area contributed by atoms with Crippen LogP contribution in [-0.4, -0.2) is 33.2 Å². The lowest BCUT2D eigenvalue weighted by atomic mass is 9.95. The van der Waals surface area contributed by atoms with Gasteiger partial charge in [-0.05, 0) is 55.7 Å². The summed E-state index contributed by atoms with van der Waals surface area (Å²) in [6.07, 6.45) is 5.73. The van der Waals surface area contributed by atoms with E-state index in [4.69, 9.17) is 11.6 Å². The number of benzene rings is 1. The number of hydrogen-bond acceptors (Lipinski definition) is 3. The lowest BCUT2D eigenvalue weighted by molar-refractivity contribution is -0.120. The highest BCUT2D eigenvalue weighted by Crippen LogP contribution is 2.44. The van der Waals surface area contributed by atoms with Crippen molar-refractivity contribution >= 4 is 33.2 Å². The van der Waals surface area contributed by atoms with Crippen LogP contribution in [0.2, 0.25) is 5.02 Å². The first kappa shape index (κ1) is 17.5. The molecule has 7 heteroatoms. The fourth-order valence-corrected chi connectivity index (χ4v) is 4.96. The Morgan fingerprint density at radius 2 is 2.08 bits per heavy atom. The number of sulfonamides is 1. The van der Waals surface area contributed by atoms with Crippen molar-refractivity contribution in [3.63, 3.8) is 0 Å². The molecule has 0 radical (unpaired) electrons. The van der Waals surface area contributed by atoms with Crippen LogP contribution in [0, 0.1) is 18.8 Å². The number of amides is 1. The third-order valence-electron chi connectivity index (χ3n) is 5.22. The molecule has 2 aliphatic carbocycles. The molecule has 2 saturated carbocycles. The average Bonchev–Trinajstić information content (AvgIpc) is 3.09. The first-order valence-electron chi connectivity index (χ1n) is 8.27. The summed E-state index contributed by atoms with van der Waals surface area (Å²) < 4.78 is 25.4. The summed E-state index contributed by atoms with van der Waals surface area (Å²) in [6, 6.07) is 5.21. The number of halogens is 1. The van der Waals surface area contributed by atoms with Crippen molar-refractivity contribution in [2.75, 3.05) is 17.1 Å². The number of carbonyl (C=O) groups is 1. The van der Waals surface area contributed by atoms with Gasteiger partial charge >= 0.3 is 0 Å². The SMILES string of the molecule is Cc1ccc(N(CC(=O)N[C@@H]2C[C@H]3CC[C@H]2C3)S(C)(=O)=O)cc1Cl. The van der Waals surface area contributed by atoms with Gasteiger partial charge in [0.05, 0.1) is 11.9 Å². The fourth-order valence-electron chi connectivity index (χ4n) is 3.94. The van der Waals surface area contributed by atoms with Gasteiger partial charge in [-0.2, -0.15) is 0 Å². The van der Waals surface area contributed by atoms with Crippen LogP contribution in [0.15, 0.2) is 18.2 Å². The van der Waals surface area contributed by atoms with E-state index in [1.54, 1.807) is 18.2 Å². The Labute approximate surface area is 148 Å². The molecule has 0 saturated heterocycles. The maximum atomic E-state index is 12.4. The molecular weight excluding hydrogens is 348 g/mol. The van der Waals surface area contributed by atoms with Crippen LogP contribution < -0.4 is 9.62 Å². The Morgan fingerprint density at radius 3 is 2.62 bits per heavy atom. The first-order valence-corrected chi connectivity index (χ1v) is 10.5. The van der Waals surface area contributed by atoms with Crippen molar-refractivity contribution in [1.82, 2.24) is 5.32 Å². The van der Waals surface area contributed by atoms with Crippen molar-refractivity contribution in [1.29, 1.82) is 0 Å². The van der Waals surface area contributed by atoms with Gasteiger partial charge in [0.2, 0.25) is 15.9 Å². The van der Waals surface area contributed by atoms with Crippen molar-refractivity contribution < 1.29 is 13.2 Å². The van der Waals surface area contributed by atoms with Gasteiger partial charge in [-0.15, -0.1) is 0 Å². The van der Waals surface area contributed by atoms with Crippen LogP contribution in [0.3, 0.4) is 0 Å². The molecule has 2 fully saturated rings. The summed E-state index contributed by atoms with van der Waals surface area (Å²) in [5.41, 5.74) is 1.27. The molecule has 0 heterocycles. The normalized spacial score (nSPS) is 25.7. The van der Waals surface area contributed by atoms with Crippen molar-refractivity contribution in [3.05, 3.63) is 28.8 Å². The van der Waals surface area contributed by atoms with E-state index < -0.39 is 10.0 Å². The minimum atomic E-state index is -3.57. The van der Waals surface area contributed by atoms with E-state index in [-0.39, 0.29) is 18.5 Å². The molecular formula is C17H23ClN2O3S. The molecule has 0 spiro atoms. The Kier molecular flexibility index (Phi) is 4.80. The molecule has 3 rings (SSSR count). The predicted octanol–water partition coefficient (Wildman–Crippen LogP) is 2.72. The quantitative estimate of drug-likeness (QED) is 0.866. The predicted molar refractivity (Wildman–Crippen MR) is 95.8 cm³/mol. The van der Waals surface area contributed by atoms with E-state index in [2.05, 4.69) is 5.32 Å². The summed E-state index contributed by atoms with van der Waals surface area (Å²) in [6.45, 7) is 1.63. The molecule has 1 aromatic carbocycles. The molecule has 0 unspecified atom stereocenters. The van der Waals surface area contributed by atoms with Crippen molar-refractivity contribution in [2.45, 2.75) is 38.6 Å². The molecule has 0 aliphatic heterocycles. The molecule has 3 atom stereocenters. The van der Waals surface area contributed by atoms with Gasteiger partial charge < -0.3 is 5.32 Å². The highest BCUT2D eigenvalue weighted by atomic mass is 35.5. The van der Waals surface area contributed by atoms with E-state index in [1.807, 2.05) is 6.92 Å². The molecule has 1 amide bonds. The van der Waals surface area contributed by atoms with Crippen LogP contribution in [-0.2, 0) is 14.8 Å². The zero-order valence-corrected chi connectivity index (χ0v) is 15.5. The number of rotatable bonds is 5. The lowest BCUT2D eigenvalue weighted by Crippen LogP contribution is -2.45. The molecule has 1 N–H and O–H groups in total. The minimum Gasteiger partial charge on any atom is -0.352 e. The molecule has 2 bridgehead atoms. The van der Waals surface area contributed by atoms with Gasteiger partial charge in [0.1, 0.15) is 6.54 Å². The maximum absolute atomic E-state index is 12.4. The summed E-state index contributed by atoms with van der Waals surface area (Å²) >= 11 is 6.10. The molecule has 132 valence electrons. The summed E-state index contributed by atoms with van der Waals surface area (Å²) in [7, 11) is -3.57. The monoisotopic (exact) mass is 370 g/mol. The van der Waals surface area contributed by atoms with Crippen LogP contribution in [0.5, 0.6) is 0 Å². The second-order valence-corrected chi connectivity index (χ2v) is 9.37. The van der Waals surface area contributed by atoms with Gasteiger partial charge in [-0.3, -0.25) is 9.10 Å². The average molecular weight is 371 g/mol. The lowest BCUT2D eigenvalue weighted by Gasteiger charge is -2.26. The maximum Gasteiger partial charge on any atom is 0.241 e. The third kappa shape index (κ3) is 3.70. The van der Waals surface area contributed by atoms with E-state index in [9.17, 15) is 13.2 Å². The zero-order valence-electron chi connectivity index (χ0n) is 14.0. The standard InChI is InChI=1S/C17H23ClN2O3S/c1-11-3-6-14(9-15(11)18)20(24(2,22)23)10-17(21)19-16-8-12-4-5-13(16)7-12/h3,6,9,12-13,16H,4-5,7-8,10H2,1-2H3,(H,19,21)/t12-,13-,16+/m0/s1. The molecule has 24 heavy (non-hydrogen) atoms. The Balaban J connectivity index is 1.72. The Bertz CT molecular complexity index is 750. The van der Waals surface area contributed by atoms with E-state index >= 15 is 0 Å². The Morgan fingerprint density at radius 1 is 1.33 bits per heavy atom. The molecule has 2 aliphatic rings. The van der Waals surface area contributed by atoms with Crippen LogP contribution in [0.1, 0.15) is 31.2 Å². The number of nitrogens with one attached hydrogen (secondary N) is 1. The summed E-state index contributed by atoms with van der Waals surface area (Å²) in [5.74, 6) is 1.02. The van der Waals surface area contributed by atoms with Gasteiger partial charge in [-0.25, -0.2) is 8.42 Å². The molecule has 0 aromatic heterocycles. The number of fused-ring (bicyclic) bond motifs is 2. The molecule has 1 aromatic rings. The molecule has 5 nitrogen and oxygen atoms in total. The van der Waals surface area contributed by atoms with Gasteiger partial charge in [0.25, 0.3) is 0 Å². The topological polar surface area (TPSA) is 66.5 Å². The van der Waals surface area contributed by atoms with Gasteiger partial charge in [0.15, 0.2) is 0 Å². The van der Waals surface area contributed by atoms with Gasteiger partial charge in [0, 0.05) is 11.1 Å². The van der Waals surface area contributed by atoms with Crippen molar-refractivity contribution in [3.8, 4) is 0 Å². The number of anilines is 1. The number of carbonyl (C=O) groups excluding carboxylic acids is 1. The highest BCUT2D eigenvalue weighted by Gasteiger charge is 2.40. The second kappa shape index (κ2) is 6.56. The number of hydrogen-bond donors (Lipinski definition) is 1. The minimum absolute atomic E-state index is 0.194. The van der Waals surface area contributed by atoms with E-state index in [1.165, 1.54) is 19.3 Å². The third-order valence-corrected chi connectivity index (χ3v) is 6.76. The number of aryl methyl sites for hydroxylation is 1. The highest BCUT2D eigenvalue weighted by molar-refractivity contribution is 7.92. The fraction of sp³-hybridized carbons (Fsp3) is 0.588. The summed E-state index contributed by atoms with van der Waals surface area (Å²) in [4.78, 5) is 12.4. The number of nitrogens with zero attached hydrogens (tertiary/aromatic N) is 1. The smallest absolute Gasteiger partial charge is 0.241 e. The van der Waals surface area contributed by atoms with E-state index in [0.29, 0.717) is 16.6 Å². The van der Waals surface area contributed by atoms with Gasteiger partial charge in [-0.1, -0.05) is 24.1 Å². The van der Waals surface area contributed by atoms with Crippen LogP contribution in [0.4, 0.5) is 5.69 Å². The van der Waals surface area contributed by atoms with Crippen LogP contribution in [0.25, 0.3) is 0 Å². The first-order chi connectivity index (χ1) is 11.2. The largest absolute Gasteiger partial charge is 0.352 e. The van der Waals surface area contributed by atoms with Crippen molar-refractivity contribution in [2.24, 2.45) is 11.8 Å². The van der Waals surface area contributed by atoms with Crippen LogP contribution >= 0.6 is 11.6 Å². The second-order valence-electron chi connectivity index (χ2n) is 7.05. The van der Waals surface area contributed by atoms with E-state index in [0.717, 1.165) is 28.5 Å². The Hall–Kier alpha value is -1.27. The zero-order chi connectivity index (χ0) is 17.5.